The molecule has 0 aliphatic rings. The van der Waals surface area contributed by atoms with Gasteiger partial charge < -0.3 is 14.6 Å². The van der Waals surface area contributed by atoms with Crippen LogP contribution in [0.15, 0.2) is 41.6 Å². The van der Waals surface area contributed by atoms with Crippen molar-refractivity contribution in [3.05, 3.63) is 74.9 Å². The number of hydrogen-bond acceptors (Lipinski definition) is 7. The molecular formula is C21H17ClFI2N4O5+. The number of aliphatic hydroxyl groups is 1. The first-order chi connectivity index (χ1) is 16.0. The van der Waals surface area contributed by atoms with E-state index in [-0.39, 0.29) is 47.5 Å². The molecule has 34 heavy (non-hydrogen) atoms. The minimum Gasteiger partial charge on any atom is -0.485 e. The first-order valence-electron chi connectivity index (χ1n) is 9.57. The van der Waals surface area contributed by atoms with Gasteiger partial charge in [-0.25, -0.2) is 9.37 Å². The first kappa shape index (κ1) is 26.4. The number of aromatic nitrogens is 3. The van der Waals surface area contributed by atoms with Gasteiger partial charge in [-0.05, 0) is 19.1 Å². The molecule has 0 aliphatic carbocycles. The molecule has 0 amide bonds. The molecule has 2 heterocycles. The maximum atomic E-state index is 14.7. The largest absolute Gasteiger partial charge is 0.485 e. The summed E-state index contributed by atoms with van der Waals surface area (Å²) >= 11 is 10.1. The van der Waals surface area contributed by atoms with Crippen molar-refractivity contribution < 1.29 is 28.9 Å². The molecule has 2 N–H and O–H groups in total. The van der Waals surface area contributed by atoms with Gasteiger partial charge in [0.05, 0.1) is 18.5 Å². The SMILES string of the molecule is CC(I)(I)c1ncn(Cc2ccc(OCCO)c[n+]2O)c(=O)c1Oc1cc(Cl)cc(C#N)c1F. The van der Waals surface area contributed by atoms with Crippen LogP contribution < -0.4 is 19.8 Å². The number of alkyl halides is 2. The fourth-order valence-corrected chi connectivity index (χ4v) is 3.84. The quantitative estimate of drug-likeness (QED) is 0.158. The molecule has 9 nitrogen and oxygen atoms in total. The van der Waals surface area contributed by atoms with E-state index in [0.29, 0.717) is 11.4 Å². The summed E-state index contributed by atoms with van der Waals surface area (Å²) in [6, 6.07) is 7.12. The molecule has 0 radical (unpaired) electrons. The molecular weight excluding hydrogens is 697 g/mol. The Hall–Kier alpha value is -2.22. The van der Waals surface area contributed by atoms with E-state index in [1.807, 2.05) is 0 Å². The zero-order chi connectivity index (χ0) is 25.0. The summed E-state index contributed by atoms with van der Waals surface area (Å²) in [4.78, 5) is 17.7. The van der Waals surface area contributed by atoms with Gasteiger partial charge in [0, 0.05) is 21.9 Å². The van der Waals surface area contributed by atoms with Gasteiger partial charge in [0.25, 0.3) is 17.5 Å². The second-order valence-corrected chi connectivity index (χ2v) is 13.8. The average Bonchev–Trinajstić information content (AvgIpc) is 2.77. The summed E-state index contributed by atoms with van der Waals surface area (Å²) in [6.45, 7) is 1.57. The second kappa shape index (κ2) is 11.0. The van der Waals surface area contributed by atoms with Gasteiger partial charge in [-0.3, -0.25) is 14.6 Å². The smallest absolute Gasteiger partial charge is 0.297 e. The third-order valence-corrected chi connectivity index (χ3v) is 5.66. The topological polar surface area (TPSA) is 121 Å². The number of benzene rings is 1. The van der Waals surface area contributed by atoms with Crippen LogP contribution in [0.2, 0.25) is 5.02 Å². The lowest BCUT2D eigenvalue weighted by Gasteiger charge is -2.19. The molecule has 0 fully saturated rings. The van der Waals surface area contributed by atoms with E-state index < -0.39 is 12.8 Å². The number of hydrogen-bond donors (Lipinski definition) is 2. The lowest BCUT2D eigenvalue weighted by molar-refractivity contribution is -0.909. The Morgan fingerprint density at radius 2 is 2.12 bits per heavy atom. The van der Waals surface area contributed by atoms with Crippen LogP contribution in [0.3, 0.4) is 0 Å². The van der Waals surface area contributed by atoms with Crippen molar-refractivity contribution in [2.45, 2.75) is 14.9 Å². The fraction of sp³-hybridized carbons (Fsp3) is 0.238. The zero-order valence-electron chi connectivity index (χ0n) is 17.5. The van der Waals surface area contributed by atoms with Gasteiger partial charge in [-0.15, -0.1) is 0 Å². The Labute approximate surface area is 225 Å². The number of halogens is 4. The molecule has 3 aromatic rings. The maximum Gasteiger partial charge on any atom is 0.297 e. The van der Waals surface area contributed by atoms with Crippen molar-refractivity contribution in [1.82, 2.24) is 9.55 Å². The van der Waals surface area contributed by atoms with E-state index in [4.69, 9.17) is 31.4 Å². The minimum atomic E-state index is -0.956. The molecule has 0 spiro atoms. The Bertz CT molecular complexity index is 1320. The third kappa shape index (κ3) is 6.06. The molecule has 0 unspecified atom stereocenters. The van der Waals surface area contributed by atoms with Crippen molar-refractivity contribution in [3.63, 3.8) is 0 Å². The van der Waals surface area contributed by atoms with E-state index in [0.717, 1.165) is 10.8 Å². The van der Waals surface area contributed by atoms with Gasteiger partial charge in [-0.2, -0.15) is 5.26 Å². The summed E-state index contributed by atoms with van der Waals surface area (Å²) in [5.74, 6) is -1.27. The van der Waals surface area contributed by atoms with Crippen molar-refractivity contribution in [1.29, 1.82) is 5.26 Å². The standard InChI is InChI=1S/C21H17ClFI2N4O5/c1-21(24,25)19-18(34-16-7-13(22)6-12(8-26)17(16)23)20(31)28(11-27-19)9-14-2-3-15(10-29(14)32)33-5-4-30/h2-3,6-7,10-11,30,32H,4-5,9H2,1H3/q+1. The van der Waals surface area contributed by atoms with Crippen molar-refractivity contribution in [2.75, 3.05) is 13.2 Å². The fourth-order valence-electron chi connectivity index (χ4n) is 2.87. The number of nitrogens with zero attached hydrogens (tertiary/aromatic N) is 4. The molecule has 0 saturated carbocycles. The van der Waals surface area contributed by atoms with Crippen LogP contribution in [-0.2, 0) is 7.97 Å². The highest BCUT2D eigenvalue weighted by Gasteiger charge is 2.30. The second-order valence-electron chi connectivity index (χ2n) is 7.00. The number of pyridine rings is 1. The van der Waals surface area contributed by atoms with E-state index in [9.17, 15) is 14.4 Å². The Balaban J connectivity index is 2.05. The molecule has 0 atom stereocenters. The van der Waals surface area contributed by atoms with Crippen LogP contribution >= 0.6 is 56.8 Å². The number of rotatable bonds is 8. The molecule has 0 bridgehead atoms. The Kier molecular flexibility index (Phi) is 8.55. The molecule has 2 aromatic heterocycles. The number of nitriles is 1. The van der Waals surface area contributed by atoms with Crippen LogP contribution in [0.1, 0.15) is 23.9 Å². The summed E-state index contributed by atoms with van der Waals surface area (Å²) in [7, 11) is 0. The first-order valence-corrected chi connectivity index (χ1v) is 12.1. The van der Waals surface area contributed by atoms with Crippen LogP contribution in [0, 0.1) is 17.1 Å². The predicted molar refractivity (Wildman–Crippen MR) is 136 cm³/mol. The summed E-state index contributed by atoms with van der Waals surface area (Å²) in [5.41, 5.74) is -0.406. The van der Waals surface area contributed by atoms with Crippen LogP contribution in [0.25, 0.3) is 0 Å². The maximum absolute atomic E-state index is 14.7. The van der Waals surface area contributed by atoms with Gasteiger partial charge in [0.15, 0.2) is 17.3 Å². The van der Waals surface area contributed by atoms with E-state index in [1.165, 1.54) is 29.2 Å². The summed E-state index contributed by atoms with van der Waals surface area (Å²) in [6.07, 6.45) is 2.58. The highest BCUT2D eigenvalue weighted by molar-refractivity contribution is 14.2. The third-order valence-electron chi connectivity index (χ3n) is 4.42. The summed E-state index contributed by atoms with van der Waals surface area (Å²) < 4.78 is 26.9. The molecule has 1 aromatic carbocycles. The zero-order valence-corrected chi connectivity index (χ0v) is 22.6. The van der Waals surface area contributed by atoms with Crippen molar-refractivity contribution in [2.24, 2.45) is 0 Å². The van der Waals surface area contributed by atoms with Gasteiger partial charge >= 0.3 is 0 Å². The Morgan fingerprint density at radius 3 is 2.74 bits per heavy atom. The lowest BCUT2D eigenvalue weighted by atomic mass is 10.2. The molecule has 0 saturated heterocycles. The van der Waals surface area contributed by atoms with E-state index in [2.05, 4.69) is 50.2 Å². The highest BCUT2D eigenvalue weighted by Crippen LogP contribution is 2.42. The average molecular weight is 714 g/mol. The highest BCUT2D eigenvalue weighted by atomic mass is 127. The van der Waals surface area contributed by atoms with Crippen LogP contribution in [0.5, 0.6) is 17.2 Å². The van der Waals surface area contributed by atoms with E-state index in [1.54, 1.807) is 19.1 Å². The van der Waals surface area contributed by atoms with Gasteiger partial charge in [0.1, 0.15) is 26.3 Å². The molecule has 178 valence electrons. The Morgan fingerprint density at radius 1 is 1.38 bits per heavy atom. The van der Waals surface area contributed by atoms with Gasteiger partial charge in [-0.1, -0.05) is 56.8 Å². The van der Waals surface area contributed by atoms with Crippen LogP contribution in [-0.4, -0.2) is 33.1 Å². The monoisotopic (exact) mass is 713 g/mol. The lowest BCUT2D eigenvalue weighted by Crippen LogP contribution is -2.38. The minimum absolute atomic E-state index is 0.0594. The molecule has 13 heteroatoms. The molecule has 0 aliphatic heterocycles. The summed E-state index contributed by atoms with van der Waals surface area (Å²) in [5, 5.41) is 28.3. The van der Waals surface area contributed by atoms with Crippen molar-refractivity contribution in [3.8, 4) is 23.3 Å². The number of aliphatic hydroxyl groups excluding tert-OH is 1. The van der Waals surface area contributed by atoms with E-state index >= 15 is 0 Å². The predicted octanol–water partition coefficient (Wildman–Crippen LogP) is 3.69. The van der Waals surface area contributed by atoms with Crippen molar-refractivity contribution >= 4 is 56.8 Å². The van der Waals surface area contributed by atoms with Gasteiger partial charge in [0.2, 0.25) is 5.75 Å². The number of ether oxygens (including phenoxy) is 2. The normalized spacial score (nSPS) is 11.2. The molecule has 3 rings (SSSR count). The van der Waals surface area contributed by atoms with Crippen LogP contribution in [0.4, 0.5) is 4.39 Å².